The van der Waals surface area contributed by atoms with Gasteiger partial charge in [-0.1, -0.05) is 32.8 Å². The van der Waals surface area contributed by atoms with Gasteiger partial charge in [-0.3, -0.25) is 14.6 Å². The maximum absolute atomic E-state index is 12.2. The number of aliphatic imine (C=N–C) groups is 1. The molecule has 3 aliphatic heterocycles. The fraction of sp³-hybridized carbons (Fsp3) is 0.682. The molecule has 0 radical (unpaired) electrons. The number of amides is 2. The Labute approximate surface area is 163 Å². The van der Waals surface area contributed by atoms with Crippen LogP contribution < -0.4 is 0 Å². The molecule has 0 aliphatic carbocycles. The fourth-order valence-electron chi connectivity index (χ4n) is 4.49. The van der Waals surface area contributed by atoms with Crippen molar-refractivity contribution >= 4 is 18.0 Å². The van der Waals surface area contributed by atoms with Crippen molar-refractivity contribution in [3.8, 4) is 0 Å². The van der Waals surface area contributed by atoms with Gasteiger partial charge in [-0.25, -0.2) is 0 Å². The monoisotopic (exact) mass is 371 g/mol. The van der Waals surface area contributed by atoms with E-state index in [2.05, 4.69) is 24.9 Å². The molecule has 3 heterocycles. The second kappa shape index (κ2) is 9.34. The van der Waals surface area contributed by atoms with Gasteiger partial charge < -0.3 is 9.80 Å². The number of hydrogen-bond donors (Lipinski definition) is 0. The van der Waals surface area contributed by atoms with Crippen molar-refractivity contribution in [3.05, 3.63) is 23.4 Å². The molecule has 27 heavy (non-hydrogen) atoms. The van der Waals surface area contributed by atoms with E-state index < -0.39 is 0 Å². The average molecular weight is 372 g/mol. The molecule has 0 bridgehead atoms. The highest BCUT2D eigenvalue weighted by Crippen LogP contribution is 2.25. The van der Waals surface area contributed by atoms with E-state index in [0.29, 0.717) is 37.8 Å². The Morgan fingerprint density at radius 3 is 2.15 bits per heavy atom. The Morgan fingerprint density at radius 1 is 0.963 bits per heavy atom. The largest absolute Gasteiger partial charge is 0.338 e. The number of allylic oxidation sites excluding steroid dienone is 2. The molecule has 5 nitrogen and oxygen atoms in total. The summed E-state index contributed by atoms with van der Waals surface area (Å²) in [5, 5.41) is 0. The second-order valence-corrected chi connectivity index (χ2v) is 8.27. The molecule has 3 aliphatic rings. The van der Waals surface area contributed by atoms with Crippen LogP contribution in [0, 0.1) is 11.8 Å². The van der Waals surface area contributed by atoms with E-state index >= 15 is 0 Å². The zero-order valence-electron chi connectivity index (χ0n) is 16.8. The van der Waals surface area contributed by atoms with Gasteiger partial charge in [0.1, 0.15) is 0 Å². The minimum absolute atomic E-state index is 0.256. The van der Waals surface area contributed by atoms with Crippen LogP contribution in [0.1, 0.15) is 58.8 Å². The van der Waals surface area contributed by atoms with Crippen molar-refractivity contribution in [1.82, 2.24) is 9.80 Å². The van der Waals surface area contributed by atoms with E-state index in [-0.39, 0.29) is 11.8 Å². The summed E-state index contributed by atoms with van der Waals surface area (Å²) in [4.78, 5) is 33.0. The van der Waals surface area contributed by atoms with Crippen LogP contribution in [-0.4, -0.2) is 54.0 Å². The molecule has 5 heteroatoms. The summed E-state index contributed by atoms with van der Waals surface area (Å²) >= 11 is 0. The van der Waals surface area contributed by atoms with Gasteiger partial charge in [0.25, 0.3) is 0 Å². The van der Waals surface area contributed by atoms with Crippen molar-refractivity contribution in [2.24, 2.45) is 16.8 Å². The summed E-state index contributed by atoms with van der Waals surface area (Å²) in [5.41, 5.74) is 2.18. The first-order valence-corrected chi connectivity index (χ1v) is 10.6. The minimum Gasteiger partial charge on any atom is -0.338 e. The van der Waals surface area contributed by atoms with Crippen molar-refractivity contribution in [1.29, 1.82) is 0 Å². The molecular formula is C22H33N3O2. The Morgan fingerprint density at radius 2 is 1.56 bits per heavy atom. The molecule has 0 spiro atoms. The maximum Gasteiger partial charge on any atom is 0.223 e. The Bertz CT molecular complexity index is 650. The third-order valence-electron chi connectivity index (χ3n) is 5.88. The van der Waals surface area contributed by atoms with Crippen LogP contribution in [0.5, 0.6) is 0 Å². The van der Waals surface area contributed by atoms with Gasteiger partial charge in [0.05, 0.1) is 12.2 Å². The zero-order chi connectivity index (χ0) is 19.2. The lowest BCUT2D eigenvalue weighted by Crippen LogP contribution is -2.27. The van der Waals surface area contributed by atoms with Crippen LogP contribution in [0.4, 0.5) is 0 Å². The van der Waals surface area contributed by atoms with Crippen LogP contribution in [0.2, 0.25) is 0 Å². The molecule has 148 valence electrons. The highest BCUT2D eigenvalue weighted by atomic mass is 16.2. The lowest BCUT2D eigenvalue weighted by Gasteiger charge is -2.18. The summed E-state index contributed by atoms with van der Waals surface area (Å²) in [7, 11) is 0. The average Bonchev–Trinajstić information content (AvgIpc) is 3.05. The first-order chi connectivity index (χ1) is 13.1. The van der Waals surface area contributed by atoms with E-state index in [0.717, 1.165) is 50.9 Å². The topological polar surface area (TPSA) is 53.0 Å². The lowest BCUT2D eigenvalue weighted by atomic mass is 10.0. The molecule has 0 aromatic carbocycles. The predicted molar refractivity (Wildman–Crippen MR) is 108 cm³/mol. The first kappa shape index (κ1) is 19.8. The smallest absolute Gasteiger partial charge is 0.223 e. The van der Waals surface area contributed by atoms with Gasteiger partial charge >= 0.3 is 0 Å². The summed E-state index contributed by atoms with van der Waals surface area (Å²) in [6.07, 6.45) is 12.7. The maximum atomic E-state index is 12.2. The van der Waals surface area contributed by atoms with Gasteiger partial charge in [-0.2, -0.15) is 0 Å². The standard InChI is InChI=1S/C22H33N3O2/c1-3-5-18-11-21(26)24(14-18)13-17-7-8-20(23-10-9-17)16-25-15-19(6-4-2)12-22(25)27/h8-10,18-19H,3-7,11-16H2,1-2H3. The fourth-order valence-corrected chi connectivity index (χ4v) is 4.49. The van der Waals surface area contributed by atoms with Crippen molar-refractivity contribution in [3.63, 3.8) is 0 Å². The minimum atomic E-state index is 0.256. The predicted octanol–water partition coefficient (Wildman–Crippen LogP) is 3.57. The van der Waals surface area contributed by atoms with E-state index in [1.165, 1.54) is 5.57 Å². The number of nitrogens with zero attached hydrogens (tertiary/aromatic N) is 3. The Kier molecular flexibility index (Phi) is 6.86. The van der Waals surface area contributed by atoms with Crippen LogP contribution in [0.25, 0.3) is 0 Å². The molecule has 2 fully saturated rings. The van der Waals surface area contributed by atoms with Crippen LogP contribution in [0.3, 0.4) is 0 Å². The van der Waals surface area contributed by atoms with Crippen LogP contribution in [0.15, 0.2) is 28.4 Å². The number of likely N-dealkylation sites (tertiary alicyclic amines) is 2. The zero-order valence-corrected chi connectivity index (χ0v) is 16.8. The Balaban J connectivity index is 1.51. The third-order valence-corrected chi connectivity index (χ3v) is 5.88. The molecule has 0 saturated carbocycles. The first-order valence-electron chi connectivity index (χ1n) is 10.6. The molecule has 2 amide bonds. The molecular weight excluding hydrogens is 338 g/mol. The quantitative estimate of drug-likeness (QED) is 0.655. The van der Waals surface area contributed by atoms with Crippen LogP contribution >= 0.6 is 0 Å². The van der Waals surface area contributed by atoms with Crippen molar-refractivity contribution in [2.45, 2.75) is 58.8 Å². The SMILES string of the molecule is CCCC1CC(=O)N(CC2=CC=NC(CN3CC(CCC)CC3=O)=CC2)C1. The molecule has 2 atom stereocenters. The van der Waals surface area contributed by atoms with Gasteiger partial charge in [0, 0.05) is 38.7 Å². The van der Waals surface area contributed by atoms with Gasteiger partial charge in [-0.05, 0) is 42.7 Å². The molecule has 0 aromatic heterocycles. The Hall–Kier alpha value is -1.91. The van der Waals surface area contributed by atoms with Crippen molar-refractivity contribution in [2.75, 3.05) is 26.2 Å². The van der Waals surface area contributed by atoms with Gasteiger partial charge in [-0.15, -0.1) is 0 Å². The van der Waals surface area contributed by atoms with E-state index in [1.807, 2.05) is 22.1 Å². The van der Waals surface area contributed by atoms with Gasteiger partial charge in [0.2, 0.25) is 11.8 Å². The molecule has 0 N–H and O–H groups in total. The molecule has 2 saturated heterocycles. The van der Waals surface area contributed by atoms with Crippen molar-refractivity contribution < 1.29 is 9.59 Å². The van der Waals surface area contributed by atoms with E-state index in [4.69, 9.17) is 0 Å². The third kappa shape index (κ3) is 5.30. The highest BCUT2D eigenvalue weighted by Gasteiger charge is 2.30. The lowest BCUT2D eigenvalue weighted by molar-refractivity contribution is -0.128. The summed E-state index contributed by atoms with van der Waals surface area (Å²) < 4.78 is 0. The van der Waals surface area contributed by atoms with Gasteiger partial charge in [0.15, 0.2) is 0 Å². The molecule has 0 aromatic rings. The summed E-state index contributed by atoms with van der Waals surface area (Å²) in [6, 6.07) is 0. The number of rotatable bonds is 8. The highest BCUT2D eigenvalue weighted by molar-refractivity contribution is 5.80. The second-order valence-electron chi connectivity index (χ2n) is 8.27. The number of carbonyl (C=O) groups is 2. The normalized spacial score (nSPS) is 25.9. The number of carbonyl (C=O) groups excluding carboxylic acids is 2. The van der Waals surface area contributed by atoms with E-state index in [1.54, 1.807) is 0 Å². The summed E-state index contributed by atoms with van der Waals surface area (Å²) in [5.74, 6) is 1.56. The number of hydrogen-bond acceptors (Lipinski definition) is 3. The molecule has 2 unspecified atom stereocenters. The van der Waals surface area contributed by atoms with E-state index in [9.17, 15) is 9.59 Å². The molecule has 3 rings (SSSR count). The van der Waals surface area contributed by atoms with Crippen LogP contribution in [-0.2, 0) is 9.59 Å². The summed E-state index contributed by atoms with van der Waals surface area (Å²) in [6.45, 7) is 7.42.